The maximum absolute atomic E-state index is 12.8. The lowest BCUT2D eigenvalue weighted by Crippen LogP contribution is -2.50. The fourth-order valence-corrected chi connectivity index (χ4v) is 11.0. The van der Waals surface area contributed by atoms with Gasteiger partial charge in [0, 0.05) is 12.8 Å². The number of carbonyl (C=O) groups excluding carboxylic acids is 1. The number of hydrogen-bond donors (Lipinski definition) is 0. The molecule has 0 aromatic heterocycles. The highest BCUT2D eigenvalue weighted by Crippen LogP contribution is 2.66. The van der Waals surface area contributed by atoms with E-state index < -0.39 is 0 Å². The molecule has 4 rings (SSSR count). The topological polar surface area (TPSA) is 26.3 Å². The quantitative estimate of drug-likeness (QED) is 0.0680. The lowest BCUT2D eigenvalue weighted by Gasteiger charge is -2.58. The molecule has 0 aliphatic heterocycles. The summed E-state index contributed by atoms with van der Waals surface area (Å²) < 4.78 is 6.12. The predicted octanol–water partition coefficient (Wildman–Crippen LogP) is 13.7. The highest BCUT2D eigenvalue weighted by molar-refractivity contribution is 5.69. The van der Waals surface area contributed by atoms with Crippen molar-refractivity contribution in [2.75, 3.05) is 0 Å². The summed E-state index contributed by atoms with van der Waals surface area (Å²) in [5.74, 6) is 3.72. The summed E-state index contributed by atoms with van der Waals surface area (Å²) in [6.07, 6.45) is 41.4. The normalized spacial score (nSPS) is 32.4. The Kier molecular flexibility index (Phi) is 15.9. The largest absolute Gasteiger partial charge is 0.462 e. The summed E-state index contributed by atoms with van der Waals surface area (Å²) in [6.45, 7) is 9.92. The minimum absolute atomic E-state index is 0.0664. The minimum atomic E-state index is 0.0664. The van der Waals surface area contributed by atoms with Crippen molar-refractivity contribution < 1.29 is 9.53 Å². The van der Waals surface area contributed by atoms with Gasteiger partial charge >= 0.3 is 5.97 Å². The van der Waals surface area contributed by atoms with Crippen LogP contribution >= 0.6 is 0 Å². The van der Waals surface area contributed by atoms with Crippen LogP contribution in [0.25, 0.3) is 0 Å². The molecule has 45 heavy (non-hydrogen) atoms. The summed E-state index contributed by atoms with van der Waals surface area (Å²) in [7, 11) is 0. The first-order chi connectivity index (χ1) is 21.9. The van der Waals surface area contributed by atoms with Crippen molar-refractivity contribution in [3.63, 3.8) is 0 Å². The second-order valence-corrected chi connectivity index (χ2v) is 17.0. The molecule has 0 aromatic carbocycles. The van der Waals surface area contributed by atoms with Crippen LogP contribution in [0.15, 0.2) is 11.6 Å². The van der Waals surface area contributed by atoms with Gasteiger partial charge in [-0.1, -0.05) is 155 Å². The zero-order valence-electron chi connectivity index (χ0n) is 30.8. The Morgan fingerprint density at radius 3 is 1.89 bits per heavy atom. The van der Waals surface area contributed by atoms with Gasteiger partial charge in [-0.3, -0.25) is 4.79 Å². The fourth-order valence-electron chi connectivity index (χ4n) is 11.0. The molecule has 0 spiro atoms. The Balaban J connectivity index is 1.12. The third-order valence-electron chi connectivity index (χ3n) is 13.9. The van der Waals surface area contributed by atoms with E-state index in [-0.39, 0.29) is 12.1 Å². The lowest BCUT2D eigenvalue weighted by atomic mass is 9.47. The number of ether oxygens (including phenoxy) is 1. The van der Waals surface area contributed by atoms with Crippen LogP contribution in [0.5, 0.6) is 0 Å². The zero-order chi connectivity index (χ0) is 32.0. The van der Waals surface area contributed by atoms with Gasteiger partial charge in [-0.2, -0.15) is 0 Å². The molecule has 260 valence electrons. The van der Waals surface area contributed by atoms with Gasteiger partial charge in [0.1, 0.15) is 6.10 Å². The molecule has 0 amide bonds. The molecule has 4 aliphatic carbocycles. The van der Waals surface area contributed by atoms with Gasteiger partial charge in [-0.15, -0.1) is 0 Å². The molecule has 7 atom stereocenters. The van der Waals surface area contributed by atoms with Crippen LogP contribution in [-0.4, -0.2) is 12.1 Å². The van der Waals surface area contributed by atoms with E-state index >= 15 is 0 Å². The van der Waals surface area contributed by atoms with Crippen LogP contribution in [0.1, 0.15) is 214 Å². The molecule has 3 fully saturated rings. The third-order valence-corrected chi connectivity index (χ3v) is 13.9. The number of hydrogen-bond acceptors (Lipinski definition) is 2. The Bertz CT molecular complexity index is 875. The number of esters is 1. The van der Waals surface area contributed by atoms with Gasteiger partial charge in [0.15, 0.2) is 0 Å². The molecular formula is C43H76O2. The number of fused-ring (bicyclic) bond motifs is 5. The second kappa shape index (κ2) is 19.3. The lowest BCUT2D eigenvalue weighted by molar-refractivity contribution is -0.151. The van der Waals surface area contributed by atoms with E-state index in [1.54, 1.807) is 5.57 Å². The number of unbranched alkanes of at least 4 members (excludes halogenated alkanes) is 17. The molecular weight excluding hydrogens is 548 g/mol. The highest BCUT2D eigenvalue weighted by Gasteiger charge is 2.58. The first-order valence-corrected chi connectivity index (χ1v) is 20.8. The Labute approximate surface area is 281 Å². The second-order valence-electron chi connectivity index (χ2n) is 17.0. The molecule has 0 radical (unpaired) electrons. The number of allylic oxidation sites excluding steroid dienone is 1. The summed E-state index contributed by atoms with van der Waals surface area (Å²) in [6, 6.07) is 0. The van der Waals surface area contributed by atoms with Gasteiger partial charge in [0.2, 0.25) is 0 Å². The monoisotopic (exact) mass is 625 g/mol. The molecule has 2 heteroatoms. The average Bonchev–Trinajstić information content (AvgIpc) is 3.37. The van der Waals surface area contributed by atoms with Crippen molar-refractivity contribution in [3.05, 3.63) is 11.6 Å². The van der Waals surface area contributed by atoms with Gasteiger partial charge in [-0.25, -0.2) is 0 Å². The van der Waals surface area contributed by atoms with Crippen molar-refractivity contribution in [2.45, 2.75) is 220 Å². The molecule has 0 N–H and O–H groups in total. The standard InChI is InChI=1S/C43H76O2/c1-5-7-9-11-13-14-15-16-17-18-19-21-23-25-41(44)45-37-30-32-43(4)36(34-37)26-28-38-39-29-27-35(24-22-20-12-10-8-6-2)42(39,3)33-31-40(38)43/h26,35,37-40H,5-25,27-34H2,1-4H3/t35?,37-,38?,39?,40?,42+,43-/m0/s1. The van der Waals surface area contributed by atoms with Gasteiger partial charge < -0.3 is 4.74 Å². The Morgan fingerprint density at radius 1 is 0.689 bits per heavy atom. The van der Waals surface area contributed by atoms with Crippen LogP contribution in [0.3, 0.4) is 0 Å². The van der Waals surface area contributed by atoms with Crippen LogP contribution < -0.4 is 0 Å². The van der Waals surface area contributed by atoms with Gasteiger partial charge in [0.05, 0.1) is 0 Å². The first-order valence-electron chi connectivity index (χ1n) is 20.8. The van der Waals surface area contributed by atoms with Crippen LogP contribution in [0.4, 0.5) is 0 Å². The third kappa shape index (κ3) is 10.3. The van der Waals surface area contributed by atoms with E-state index in [0.717, 1.165) is 42.9 Å². The van der Waals surface area contributed by atoms with Crippen molar-refractivity contribution in [3.8, 4) is 0 Å². The summed E-state index contributed by atoms with van der Waals surface area (Å²) in [5, 5.41) is 0. The average molecular weight is 625 g/mol. The summed E-state index contributed by atoms with van der Waals surface area (Å²) >= 11 is 0. The maximum atomic E-state index is 12.8. The molecule has 2 nitrogen and oxygen atoms in total. The first kappa shape index (κ1) is 37.0. The van der Waals surface area contributed by atoms with E-state index in [0.29, 0.717) is 17.3 Å². The SMILES string of the molecule is CCCCCCCCCCCCCCCC(=O)O[C@H]1CC[C@@]2(C)C(=CCC3C4CCC(CCCCCCCC)[C@@]4(C)CCC32)C1. The van der Waals surface area contributed by atoms with Gasteiger partial charge in [-0.05, 0) is 92.3 Å². The molecule has 0 bridgehead atoms. The summed E-state index contributed by atoms with van der Waals surface area (Å²) in [5.41, 5.74) is 2.59. The van der Waals surface area contributed by atoms with Crippen molar-refractivity contribution in [2.24, 2.45) is 34.5 Å². The maximum Gasteiger partial charge on any atom is 0.306 e. The highest BCUT2D eigenvalue weighted by atomic mass is 16.5. The number of carbonyl (C=O) groups is 1. The van der Waals surface area contributed by atoms with Crippen LogP contribution in [0, 0.1) is 34.5 Å². The minimum Gasteiger partial charge on any atom is -0.462 e. The van der Waals surface area contributed by atoms with Crippen LogP contribution in [-0.2, 0) is 9.53 Å². The van der Waals surface area contributed by atoms with E-state index in [4.69, 9.17) is 4.74 Å². The Morgan fingerprint density at radius 2 is 1.27 bits per heavy atom. The molecule has 0 heterocycles. The van der Waals surface area contributed by atoms with Crippen molar-refractivity contribution >= 4 is 5.97 Å². The zero-order valence-corrected chi connectivity index (χ0v) is 30.8. The van der Waals surface area contributed by atoms with Crippen molar-refractivity contribution in [1.29, 1.82) is 0 Å². The van der Waals surface area contributed by atoms with E-state index in [1.807, 2.05) is 0 Å². The molecule has 4 aliphatic rings. The Hall–Kier alpha value is -0.790. The van der Waals surface area contributed by atoms with E-state index in [2.05, 4.69) is 33.8 Å². The molecule has 0 aromatic rings. The predicted molar refractivity (Wildman–Crippen MR) is 193 cm³/mol. The van der Waals surface area contributed by atoms with E-state index in [9.17, 15) is 4.79 Å². The molecule has 0 saturated heterocycles. The van der Waals surface area contributed by atoms with Crippen molar-refractivity contribution in [1.82, 2.24) is 0 Å². The molecule has 4 unspecified atom stereocenters. The summed E-state index contributed by atoms with van der Waals surface area (Å²) in [4.78, 5) is 12.8. The van der Waals surface area contributed by atoms with E-state index in [1.165, 1.54) is 161 Å². The van der Waals surface area contributed by atoms with Gasteiger partial charge in [0.25, 0.3) is 0 Å². The fraction of sp³-hybridized carbons (Fsp3) is 0.930. The number of rotatable bonds is 22. The van der Waals surface area contributed by atoms with Crippen LogP contribution in [0.2, 0.25) is 0 Å². The molecule has 3 saturated carbocycles. The smallest absolute Gasteiger partial charge is 0.306 e.